The van der Waals surface area contributed by atoms with E-state index in [1.54, 1.807) is 7.05 Å². The maximum Gasteiger partial charge on any atom is 0.223 e. The highest BCUT2D eigenvalue weighted by molar-refractivity contribution is 7.20. The Morgan fingerprint density at radius 1 is 1.34 bits per heavy atom. The van der Waals surface area contributed by atoms with Gasteiger partial charge in [0.1, 0.15) is 0 Å². The molecule has 156 valence electrons. The Morgan fingerprint density at radius 3 is 2.83 bits per heavy atom. The number of guanidine groups is 1. The van der Waals surface area contributed by atoms with Gasteiger partial charge in [-0.05, 0) is 50.2 Å². The third-order valence-electron chi connectivity index (χ3n) is 5.42. The zero-order valence-electron chi connectivity index (χ0n) is 17.0. The van der Waals surface area contributed by atoms with Crippen molar-refractivity contribution in [3.63, 3.8) is 0 Å². The Bertz CT molecular complexity index is 861. The van der Waals surface area contributed by atoms with Gasteiger partial charge in [-0.25, -0.2) is 4.98 Å². The van der Waals surface area contributed by atoms with Crippen LogP contribution in [0.1, 0.15) is 48.8 Å². The van der Waals surface area contributed by atoms with Crippen molar-refractivity contribution >= 4 is 39.2 Å². The minimum absolute atomic E-state index is 0.00309. The van der Waals surface area contributed by atoms with Crippen molar-refractivity contribution in [2.45, 2.75) is 45.1 Å². The molecule has 1 amide bonds. The number of carbonyl (C=O) groups is 2. The fraction of sp³-hybridized carbons (Fsp3) is 0.524. The topological polar surface area (TPSA) is 109 Å². The largest absolute Gasteiger partial charge is 0.370 e. The maximum atomic E-state index is 13.2. The molecule has 1 fully saturated rings. The Hall–Kier alpha value is -2.48. The molecular weight excluding hydrogens is 386 g/mol. The minimum Gasteiger partial charge on any atom is -0.370 e. The lowest BCUT2D eigenvalue weighted by molar-refractivity contribution is -0.125. The van der Waals surface area contributed by atoms with E-state index in [0.29, 0.717) is 36.3 Å². The van der Waals surface area contributed by atoms with E-state index >= 15 is 0 Å². The lowest BCUT2D eigenvalue weighted by Crippen LogP contribution is -2.44. The molecule has 1 aromatic heterocycles. The van der Waals surface area contributed by atoms with Crippen molar-refractivity contribution < 1.29 is 9.59 Å². The van der Waals surface area contributed by atoms with Crippen molar-refractivity contribution in [3.8, 4) is 0 Å². The van der Waals surface area contributed by atoms with E-state index in [1.165, 1.54) is 11.3 Å². The molecule has 1 aliphatic carbocycles. The number of nitrogens with zero attached hydrogens (tertiary/aromatic N) is 2. The Labute approximate surface area is 175 Å². The second kappa shape index (κ2) is 9.82. The van der Waals surface area contributed by atoms with E-state index in [-0.39, 0.29) is 17.6 Å². The summed E-state index contributed by atoms with van der Waals surface area (Å²) >= 11 is 1.37. The van der Waals surface area contributed by atoms with E-state index in [9.17, 15) is 9.59 Å². The first-order valence-corrected chi connectivity index (χ1v) is 11.0. The van der Waals surface area contributed by atoms with Gasteiger partial charge >= 0.3 is 0 Å². The van der Waals surface area contributed by atoms with Crippen LogP contribution in [0.3, 0.4) is 0 Å². The molecule has 1 saturated carbocycles. The number of rotatable bonds is 8. The molecular formula is C21H29N5O2S. The zero-order valence-corrected chi connectivity index (χ0v) is 17.8. The minimum atomic E-state index is -0.583. The number of nitrogens with one attached hydrogen (secondary N) is 2. The van der Waals surface area contributed by atoms with Crippen LogP contribution in [-0.2, 0) is 4.79 Å². The SMILES string of the molecule is CN=C(N)NCCC[C@H](NC(=O)[C@H]1CC[C@@H](C)C1)C(=O)c1nc2ccccc2s1. The van der Waals surface area contributed by atoms with Crippen LogP contribution in [0.25, 0.3) is 10.2 Å². The number of benzene rings is 1. The third kappa shape index (κ3) is 5.53. The number of aliphatic imine (C=N–C) groups is 1. The molecule has 1 aliphatic rings. The summed E-state index contributed by atoms with van der Waals surface area (Å²) in [6.45, 7) is 2.76. The van der Waals surface area contributed by atoms with E-state index < -0.39 is 6.04 Å². The molecule has 0 radical (unpaired) electrons. The fourth-order valence-electron chi connectivity index (χ4n) is 3.73. The van der Waals surface area contributed by atoms with Crippen molar-refractivity contribution in [1.82, 2.24) is 15.6 Å². The molecule has 8 heteroatoms. The summed E-state index contributed by atoms with van der Waals surface area (Å²) in [7, 11) is 1.62. The van der Waals surface area contributed by atoms with E-state index in [0.717, 1.165) is 29.5 Å². The molecule has 3 atom stereocenters. The number of hydrogen-bond acceptors (Lipinski definition) is 5. The molecule has 3 rings (SSSR count). The van der Waals surface area contributed by atoms with Gasteiger partial charge in [0.25, 0.3) is 0 Å². The van der Waals surface area contributed by atoms with Crippen LogP contribution < -0.4 is 16.4 Å². The fourth-order valence-corrected chi connectivity index (χ4v) is 4.69. The normalized spacial score (nSPS) is 20.6. The van der Waals surface area contributed by atoms with Crippen LogP contribution in [0.15, 0.2) is 29.3 Å². The number of nitrogens with two attached hydrogens (primary N) is 1. The summed E-state index contributed by atoms with van der Waals surface area (Å²) in [6, 6.07) is 7.10. The van der Waals surface area contributed by atoms with Crippen molar-refractivity contribution in [1.29, 1.82) is 0 Å². The summed E-state index contributed by atoms with van der Waals surface area (Å²) < 4.78 is 0.971. The van der Waals surface area contributed by atoms with Gasteiger partial charge in [-0.15, -0.1) is 11.3 Å². The van der Waals surface area contributed by atoms with E-state index in [2.05, 4.69) is 27.5 Å². The number of ketones is 1. The average molecular weight is 416 g/mol. The van der Waals surface area contributed by atoms with Gasteiger partial charge in [-0.2, -0.15) is 0 Å². The molecule has 4 N–H and O–H groups in total. The van der Waals surface area contributed by atoms with E-state index in [4.69, 9.17) is 5.73 Å². The molecule has 0 saturated heterocycles. The lowest BCUT2D eigenvalue weighted by atomic mass is 10.0. The first kappa shape index (κ1) is 21.2. The van der Waals surface area contributed by atoms with Crippen LogP contribution in [0.2, 0.25) is 0 Å². The van der Waals surface area contributed by atoms with Crippen LogP contribution in [-0.4, -0.2) is 42.3 Å². The van der Waals surface area contributed by atoms with Crippen molar-refractivity contribution in [2.75, 3.05) is 13.6 Å². The van der Waals surface area contributed by atoms with Gasteiger partial charge in [0.2, 0.25) is 11.7 Å². The first-order chi connectivity index (χ1) is 14.0. The average Bonchev–Trinajstić information content (AvgIpc) is 3.35. The number of para-hydroxylation sites is 1. The molecule has 29 heavy (non-hydrogen) atoms. The number of carbonyl (C=O) groups excluding carboxylic acids is 2. The van der Waals surface area contributed by atoms with Crippen LogP contribution in [0.4, 0.5) is 0 Å². The van der Waals surface area contributed by atoms with Crippen LogP contribution >= 0.6 is 11.3 Å². The molecule has 0 bridgehead atoms. The van der Waals surface area contributed by atoms with Gasteiger partial charge in [0.05, 0.1) is 16.3 Å². The number of thiazole rings is 1. The summed E-state index contributed by atoms with van der Waals surface area (Å²) in [4.78, 5) is 34.3. The predicted molar refractivity (Wildman–Crippen MR) is 117 cm³/mol. The number of amides is 1. The van der Waals surface area contributed by atoms with Crippen LogP contribution in [0, 0.1) is 11.8 Å². The Balaban J connectivity index is 1.69. The van der Waals surface area contributed by atoms with Gasteiger partial charge in [-0.1, -0.05) is 19.1 Å². The summed E-state index contributed by atoms with van der Waals surface area (Å²) in [5.41, 5.74) is 6.46. The summed E-state index contributed by atoms with van der Waals surface area (Å²) in [5.74, 6) is 0.781. The monoisotopic (exact) mass is 415 g/mol. The Kier molecular flexibility index (Phi) is 7.19. The van der Waals surface area contributed by atoms with Gasteiger partial charge in [0, 0.05) is 19.5 Å². The summed E-state index contributed by atoms with van der Waals surface area (Å²) in [5, 5.41) is 6.45. The highest BCUT2D eigenvalue weighted by Crippen LogP contribution is 2.30. The molecule has 7 nitrogen and oxygen atoms in total. The highest BCUT2D eigenvalue weighted by Gasteiger charge is 2.31. The van der Waals surface area contributed by atoms with E-state index in [1.807, 2.05) is 24.3 Å². The van der Waals surface area contributed by atoms with Gasteiger partial charge < -0.3 is 16.4 Å². The molecule has 0 aliphatic heterocycles. The second-order valence-corrected chi connectivity index (χ2v) is 8.74. The molecule has 1 heterocycles. The van der Waals surface area contributed by atoms with Crippen molar-refractivity contribution in [3.05, 3.63) is 29.3 Å². The quantitative estimate of drug-likeness (QED) is 0.266. The standard InChI is InChI=1S/C21H29N5O2S/c1-13-9-10-14(12-13)19(28)25-16(7-5-11-24-21(22)23-2)18(27)20-26-15-6-3-4-8-17(15)29-20/h3-4,6,8,13-14,16H,5,7,9-12H2,1-2H3,(H,25,28)(H3,22,23,24)/t13-,14+,16+/m1/s1. The molecule has 2 aromatic rings. The number of fused-ring (bicyclic) bond motifs is 1. The van der Waals surface area contributed by atoms with Gasteiger partial charge in [-0.3, -0.25) is 14.6 Å². The number of aromatic nitrogens is 1. The summed E-state index contributed by atoms with van der Waals surface area (Å²) in [6.07, 6.45) is 4.04. The first-order valence-electron chi connectivity index (χ1n) is 10.1. The third-order valence-corrected chi connectivity index (χ3v) is 6.47. The molecule has 1 aromatic carbocycles. The number of hydrogen-bond donors (Lipinski definition) is 3. The highest BCUT2D eigenvalue weighted by atomic mass is 32.1. The smallest absolute Gasteiger partial charge is 0.223 e. The lowest BCUT2D eigenvalue weighted by Gasteiger charge is -2.19. The zero-order chi connectivity index (χ0) is 20.8. The molecule has 0 spiro atoms. The van der Waals surface area contributed by atoms with Gasteiger partial charge in [0.15, 0.2) is 11.0 Å². The second-order valence-electron chi connectivity index (χ2n) is 7.71. The number of Topliss-reactive ketones (excluding diaryl/α,β-unsaturated/α-hetero) is 1. The Morgan fingerprint density at radius 2 is 2.14 bits per heavy atom. The maximum absolute atomic E-state index is 13.2. The molecule has 0 unspecified atom stereocenters. The van der Waals surface area contributed by atoms with Crippen molar-refractivity contribution in [2.24, 2.45) is 22.6 Å². The predicted octanol–water partition coefficient (Wildman–Crippen LogP) is 2.71. The van der Waals surface area contributed by atoms with Crippen LogP contribution in [0.5, 0.6) is 0 Å².